The number of halogens is 1. The fraction of sp³-hybridized carbons (Fsp3) is 0.375. The molecule has 3 rings (SSSR count). The summed E-state index contributed by atoms with van der Waals surface area (Å²) in [6.07, 6.45) is 4.74. The lowest BCUT2D eigenvalue weighted by Crippen LogP contribution is -2.35. The molecule has 1 aliphatic rings. The predicted molar refractivity (Wildman–Crippen MR) is 75.8 cm³/mol. The second-order valence-electron chi connectivity index (χ2n) is 5.41. The summed E-state index contributed by atoms with van der Waals surface area (Å²) < 4.78 is 13.7. The van der Waals surface area contributed by atoms with E-state index in [0.29, 0.717) is 6.54 Å². The molecular formula is C16H17FN2O. The van der Waals surface area contributed by atoms with Gasteiger partial charge >= 0.3 is 0 Å². The lowest BCUT2D eigenvalue weighted by molar-refractivity contribution is -0.112. The molecular weight excluding hydrogens is 255 g/mol. The minimum atomic E-state index is -0.232. The zero-order chi connectivity index (χ0) is 13.9. The van der Waals surface area contributed by atoms with Crippen molar-refractivity contribution in [2.75, 3.05) is 13.1 Å². The molecule has 1 atom stereocenters. The van der Waals surface area contributed by atoms with E-state index in [9.17, 15) is 9.18 Å². The van der Waals surface area contributed by atoms with Gasteiger partial charge in [0, 0.05) is 30.6 Å². The average molecular weight is 272 g/mol. The Balaban J connectivity index is 1.88. The van der Waals surface area contributed by atoms with Gasteiger partial charge in [0.25, 0.3) is 0 Å². The number of hydrogen-bond donors (Lipinski definition) is 0. The molecule has 1 aromatic carbocycles. The third-order valence-electron chi connectivity index (χ3n) is 3.88. The van der Waals surface area contributed by atoms with E-state index in [-0.39, 0.29) is 11.7 Å². The van der Waals surface area contributed by atoms with Crippen LogP contribution in [0.15, 0.2) is 30.5 Å². The van der Waals surface area contributed by atoms with Gasteiger partial charge in [0.2, 0.25) is 0 Å². The van der Waals surface area contributed by atoms with Gasteiger partial charge < -0.3 is 4.79 Å². The number of aldehydes is 1. The van der Waals surface area contributed by atoms with Gasteiger partial charge in [-0.1, -0.05) is 6.07 Å². The lowest BCUT2D eigenvalue weighted by Gasteiger charge is -2.30. The molecule has 0 radical (unpaired) electrons. The van der Waals surface area contributed by atoms with Crippen molar-refractivity contribution in [3.05, 3.63) is 41.8 Å². The molecule has 1 saturated heterocycles. The van der Waals surface area contributed by atoms with Crippen LogP contribution in [-0.4, -0.2) is 29.3 Å². The lowest BCUT2D eigenvalue weighted by atomic mass is 9.99. The van der Waals surface area contributed by atoms with E-state index in [2.05, 4.69) is 9.88 Å². The number of aromatic nitrogens is 1. The van der Waals surface area contributed by atoms with Crippen molar-refractivity contribution in [2.45, 2.75) is 19.4 Å². The Bertz CT molecular complexity index is 629. The number of nitrogens with zero attached hydrogens (tertiary/aromatic N) is 2. The van der Waals surface area contributed by atoms with Crippen LogP contribution in [0.2, 0.25) is 0 Å². The van der Waals surface area contributed by atoms with Gasteiger partial charge in [-0.3, -0.25) is 9.88 Å². The van der Waals surface area contributed by atoms with Gasteiger partial charge in [-0.15, -0.1) is 0 Å². The van der Waals surface area contributed by atoms with Crippen molar-refractivity contribution in [1.29, 1.82) is 0 Å². The highest BCUT2D eigenvalue weighted by atomic mass is 19.1. The van der Waals surface area contributed by atoms with Crippen molar-refractivity contribution in [1.82, 2.24) is 9.88 Å². The summed E-state index contributed by atoms with van der Waals surface area (Å²) in [6.45, 7) is 2.36. The molecule has 1 aromatic heterocycles. The number of rotatable bonds is 3. The van der Waals surface area contributed by atoms with E-state index in [1.165, 1.54) is 6.07 Å². The summed E-state index contributed by atoms with van der Waals surface area (Å²) in [5.74, 6) is -0.124. The highest BCUT2D eigenvalue weighted by Crippen LogP contribution is 2.22. The molecule has 0 N–H and O–H groups in total. The largest absolute Gasteiger partial charge is 0.303 e. The highest BCUT2D eigenvalue weighted by molar-refractivity contribution is 5.81. The summed E-state index contributed by atoms with van der Waals surface area (Å²) in [4.78, 5) is 17.5. The molecule has 1 aliphatic heterocycles. The quantitative estimate of drug-likeness (QED) is 0.806. The SMILES string of the molecule is O=CC1CCCN(Cc2cc(F)cc3cccnc23)C1. The van der Waals surface area contributed by atoms with Gasteiger partial charge in [0.05, 0.1) is 5.52 Å². The third kappa shape index (κ3) is 2.70. The fourth-order valence-corrected chi connectivity index (χ4v) is 2.93. The van der Waals surface area contributed by atoms with Gasteiger partial charge in [-0.2, -0.15) is 0 Å². The van der Waals surface area contributed by atoms with Crippen molar-refractivity contribution in [2.24, 2.45) is 5.92 Å². The van der Waals surface area contributed by atoms with Crippen LogP contribution in [0.25, 0.3) is 10.9 Å². The Morgan fingerprint density at radius 3 is 3.20 bits per heavy atom. The van der Waals surface area contributed by atoms with Crippen LogP contribution in [0.1, 0.15) is 18.4 Å². The molecule has 4 heteroatoms. The number of hydrogen-bond acceptors (Lipinski definition) is 3. The zero-order valence-electron chi connectivity index (χ0n) is 11.3. The Morgan fingerprint density at radius 1 is 1.45 bits per heavy atom. The number of carbonyl (C=O) groups excluding carboxylic acids is 1. The molecule has 0 saturated carbocycles. The van der Waals surface area contributed by atoms with Gasteiger partial charge in [0.1, 0.15) is 12.1 Å². The molecule has 1 fully saturated rings. The van der Waals surface area contributed by atoms with Crippen LogP contribution >= 0.6 is 0 Å². The van der Waals surface area contributed by atoms with Crippen molar-refractivity contribution >= 4 is 17.2 Å². The normalized spacial score (nSPS) is 20.1. The van der Waals surface area contributed by atoms with Gasteiger partial charge in [0.15, 0.2) is 0 Å². The smallest absolute Gasteiger partial charge is 0.124 e. The Labute approximate surface area is 117 Å². The summed E-state index contributed by atoms with van der Waals surface area (Å²) in [6, 6.07) is 6.75. The second kappa shape index (κ2) is 5.67. The summed E-state index contributed by atoms with van der Waals surface area (Å²) >= 11 is 0. The fourth-order valence-electron chi connectivity index (χ4n) is 2.93. The van der Waals surface area contributed by atoms with Crippen LogP contribution in [-0.2, 0) is 11.3 Å². The molecule has 0 spiro atoms. The van der Waals surface area contributed by atoms with E-state index in [1.54, 1.807) is 12.3 Å². The standard InChI is InChI=1S/C16H17FN2O/c17-15-7-13-4-1-5-18-16(13)14(8-15)10-19-6-2-3-12(9-19)11-20/h1,4-5,7-8,11-12H,2-3,6,9-10H2. The molecule has 2 heterocycles. The first-order valence-corrected chi connectivity index (χ1v) is 6.97. The average Bonchev–Trinajstić information content (AvgIpc) is 2.47. The minimum Gasteiger partial charge on any atom is -0.303 e. The second-order valence-corrected chi connectivity index (χ2v) is 5.41. The first-order chi connectivity index (χ1) is 9.76. The maximum absolute atomic E-state index is 13.7. The van der Waals surface area contributed by atoms with Crippen molar-refractivity contribution in [3.8, 4) is 0 Å². The van der Waals surface area contributed by atoms with E-state index >= 15 is 0 Å². The molecule has 0 aliphatic carbocycles. The molecule has 20 heavy (non-hydrogen) atoms. The number of piperidine rings is 1. The first-order valence-electron chi connectivity index (χ1n) is 6.97. The van der Waals surface area contributed by atoms with Crippen LogP contribution < -0.4 is 0 Å². The van der Waals surface area contributed by atoms with Crippen molar-refractivity contribution in [3.63, 3.8) is 0 Å². The van der Waals surface area contributed by atoms with E-state index in [0.717, 1.165) is 48.7 Å². The minimum absolute atomic E-state index is 0.108. The number of pyridine rings is 1. The summed E-state index contributed by atoms with van der Waals surface area (Å²) in [5.41, 5.74) is 1.74. The van der Waals surface area contributed by atoms with Crippen LogP contribution in [0.3, 0.4) is 0 Å². The summed E-state index contributed by atoms with van der Waals surface area (Å²) in [5, 5.41) is 0.825. The number of likely N-dealkylation sites (tertiary alicyclic amines) is 1. The number of carbonyl (C=O) groups is 1. The Morgan fingerprint density at radius 2 is 2.35 bits per heavy atom. The molecule has 104 valence electrons. The molecule has 0 amide bonds. The van der Waals surface area contributed by atoms with E-state index in [4.69, 9.17) is 0 Å². The zero-order valence-corrected chi connectivity index (χ0v) is 11.3. The van der Waals surface area contributed by atoms with Crippen LogP contribution in [0.5, 0.6) is 0 Å². The highest BCUT2D eigenvalue weighted by Gasteiger charge is 2.20. The van der Waals surface area contributed by atoms with Crippen molar-refractivity contribution < 1.29 is 9.18 Å². The van der Waals surface area contributed by atoms with Crippen LogP contribution in [0.4, 0.5) is 4.39 Å². The molecule has 0 bridgehead atoms. The molecule has 3 nitrogen and oxygen atoms in total. The van der Waals surface area contributed by atoms with Gasteiger partial charge in [-0.25, -0.2) is 4.39 Å². The van der Waals surface area contributed by atoms with Gasteiger partial charge in [-0.05, 0) is 43.1 Å². The third-order valence-corrected chi connectivity index (χ3v) is 3.88. The monoisotopic (exact) mass is 272 g/mol. The maximum Gasteiger partial charge on any atom is 0.124 e. The summed E-state index contributed by atoms with van der Waals surface area (Å²) in [7, 11) is 0. The number of fused-ring (bicyclic) bond motifs is 1. The maximum atomic E-state index is 13.7. The molecule has 2 aromatic rings. The predicted octanol–water partition coefficient (Wildman–Crippen LogP) is 2.78. The first kappa shape index (κ1) is 13.2. The van der Waals surface area contributed by atoms with E-state index < -0.39 is 0 Å². The van der Waals surface area contributed by atoms with Crippen LogP contribution in [0, 0.1) is 11.7 Å². The number of benzene rings is 1. The Kier molecular flexibility index (Phi) is 3.74. The van der Waals surface area contributed by atoms with E-state index in [1.807, 2.05) is 12.1 Å². The molecule has 1 unspecified atom stereocenters. The topological polar surface area (TPSA) is 33.2 Å². The Hall–Kier alpha value is -1.81.